The summed E-state index contributed by atoms with van der Waals surface area (Å²) in [6, 6.07) is 2.03. The molecular formula is C15H23N3. The minimum absolute atomic E-state index is 0.0122. The predicted molar refractivity (Wildman–Crippen MR) is 76.9 cm³/mol. The molecule has 3 nitrogen and oxygen atoms in total. The Kier molecular flexibility index (Phi) is 4.34. The van der Waals surface area contributed by atoms with E-state index in [0.29, 0.717) is 12.5 Å². The van der Waals surface area contributed by atoms with Gasteiger partial charge in [0.15, 0.2) is 0 Å². The molecule has 0 atom stereocenters. The minimum Gasteiger partial charge on any atom is -0.348 e. The van der Waals surface area contributed by atoms with E-state index in [2.05, 4.69) is 50.5 Å². The molecule has 0 saturated heterocycles. The monoisotopic (exact) mass is 245 g/mol. The second-order valence-corrected chi connectivity index (χ2v) is 5.93. The molecule has 1 rings (SSSR count). The highest BCUT2D eigenvalue weighted by Gasteiger charge is 2.19. The van der Waals surface area contributed by atoms with E-state index >= 15 is 0 Å². The van der Waals surface area contributed by atoms with Crippen LogP contribution >= 0.6 is 0 Å². The normalized spacial score (nSPS) is 11.4. The summed E-state index contributed by atoms with van der Waals surface area (Å²) in [6.07, 6.45) is 5.35. The van der Waals surface area contributed by atoms with Crippen molar-refractivity contribution in [1.82, 2.24) is 9.97 Å². The van der Waals surface area contributed by atoms with Crippen LogP contribution in [0.1, 0.15) is 52.1 Å². The van der Waals surface area contributed by atoms with Crippen molar-refractivity contribution in [2.75, 3.05) is 18.5 Å². The first-order valence-electron chi connectivity index (χ1n) is 6.29. The standard InChI is InChI=1S/C15H23N3/c1-8-9-18(7)13-10-12(15(4,5)6)16-14(17-13)11(2)3/h1,10-11H,9H2,2-7H3. The molecule has 0 saturated carbocycles. The Morgan fingerprint density at radius 1 is 1.33 bits per heavy atom. The summed E-state index contributed by atoms with van der Waals surface area (Å²) in [5, 5.41) is 0. The Bertz CT molecular complexity index is 450. The van der Waals surface area contributed by atoms with Crippen LogP contribution in [0.2, 0.25) is 0 Å². The molecule has 0 fully saturated rings. The van der Waals surface area contributed by atoms with Crippen molar-refractivity contribution >= 4 is 5.82 Å². The molecule has 0 aliphatic rings. The van der Waals surface area contributed by atoms with Gasteiger partial charge >= 0.3 is 0 Å². The Balaban J connectivity index is 3.27. The van der Waals surface area contributed by atoms with Gasteiger partial charge in [-0.05, 0) is 0 Å². The third kappa shape index (κ3) is 3.46. The molecule has 18 heavy (non-hydrogen) atoms. The first-order valence-corrected chi connectivity index (χ1v) is 6.29. The summed E-state index contributed by atoms with van der Waals surface area (Å²) in [4.78, 5) is 11.2. The molecule has 98 valence electrons. The molecular weight excluding hydrogens is 222 g/mol. The van der Waals surface area contributed by atoms with Crippen molar-refractivity contribution in [3.63, 3.8) is 0 Å². The number of hydrogen-bond acceptors (Lipinski definition) is 3. The topological polar surface area (TPSA) is 29.0 Å². The Morgan fingerprint density at radius 2 is 1.94 bits per heavy atom. The average Bonchev–Trinajstić information content (AvgIpc) is 2.27. The molecule has 0 radical (unpaired) electrons. The van der Waals surface area contributed by atoms with Gasteiger partial charge in [-0.25, -0.2) is 9.97 Å². The van der Waals surface area contributed by atoms with Gasteiger partial charge in [-0.1, -0.05) is 40.5 Å². The van der Waals surface area contributed by atoms with E-state index in [4.69, 9.17) is 6.42 Å². The maximum Gasteiger partial charge on any atom is 0.133 e. The van der Waals surface area contributed by atoms with Gasteiger partial charge in [0.25, 0.3) is 0 Å². The molecule has 1 heterocycles. The predicted octanol–water partition coefficient (Wildman–Crippen LogP) is 2.97. The molecule has 1 aromatic rings. The number of nitrogens with zero attached hydrogens (tertiary/aromatic N) is 3. The van der Waals surface area contributed by atoms with Crippen LogP contribution in [0.3, 0.4) is 0 Å². The van der Waals surface area contributed by atoms with Gasteiger partial charge in [0, 0.05) is 24.4 Å². The molecule has 3 heteroatoms. The van der Waals surface area contributed by atoms with Crippen molar-refractivity contribution in [3.8, 4) is 12.3 Å². The lowest BCUT2D eigenvalue weighted by molar-refractivity contribution is 0.558. The number of anilines is 1. The molecule has 1 aromatic heterocycles. The number of rotatable bonds is 3. The van der Waals surface area contributed by atoms with E-state index in [1.807, 2.05) is 18.0 Å². The highest BCUT2D eigenvalue weighted by molar-refractivity contribution is 5.42. The smallest absolute Gasteiger partial charge is 0.133 e. The number of hydrogen-bond donors (Lipinski definition) is 0. The third-order valence-electron chi connectivity index (χ3n) is 2.73. The summed E-state index contributed by atoms with van der Waals surface area (Å²) in [7, 11) is 1.96. The van der Waals surface area contributed by atoms with Crippen molar-refractivity contribution in [2.45, 2.75) is 46.0 Å². The fourth-order valence-electron chi connectivity index (χ4n) is 1.51. The van der Waals surface area contributed by atoms with E-state index in [-0.39, 0.29) is 5.41 Å². The largest absolute Gasteiger partial charge is 0.348 e. The Morgan fingerprint density at radius 3 is 2.39 bits per heavy atom. The van der Waals surface area contributed by atoms with Crippen LogP contribution in [0.25, 0.3) is 0 Å². The lowest BCUT2D eigenvalue weighted by Gasteiger charge is -2.23. The van der Waals surface area contributed by atoms with E-state index in [0.717, 1.165) is 17.3 Å². The summed E-state index contributed by atoms with van der Waals surface area (Å²) < 4.78 is 0. The molecule has 0 spiro atoms. The van der Waals surface area contributed by atoms with Crippen molar-refractivity contribution in [3.05, 3.63) is 17.6 Å². The van der Waals surface area contributed by atoms with E-state index in [9.17, 15) is 0 Å². The van der Waals surface area contributed by atoms with Gasteiger partial charge < -0.3 is 4.90 Å². The van der Waals surface area contributed by atoms with E-state index in [1.54, 1.807) is 0 Å². The van der Waals surface area contributed by atoms with Crippen LogP contribution < -0.4 is 4.90 Å². The van der Waals surface area contributed by atoms with Crippen LogP contribution in [0.5, 0.6) is 0 Å². The fourth-order valence-corrected chi connectivity index (χ4v) is 1.51. The maximum absolute atomic E-state index is 5.35. The lowest BCUT2D eigenvalue weighted by atomic mass is 9.91. The maximum atomic E-state index is 5.35. The highest BCUT2D eigenvalue weighted by atomic mass is 15.2. The summed E-state index contributed by atoms with van der Waals surface area (Å²) in [6.45, 7) is 11.2. The van der Waals surface area contributed by atoms with Crippen LogP contribution in [0, 0.1) is 12.3 Å². The molecule has 0 N–H and O–H groups in total. The molecule has 0 unspecified atom stereocenters. The van der Waals surface area contributed by atoms with Gasteiger partial charge in [0.05, 0.1) is 12.2 Å². The number of aromatic nitrogens is 2. The second-order valence-electron chi connectivity index (χ2n) is 5.93. The summed E-state index contributed by atoms with van der Waals surface area (Å²) in [5.74, 6) is 4.72. The van der Waals surface area contributed by atoms with Crippen molar-refractivity contribution in [2.24, 2.45) is 0 Å². The van der Waals surface area contributed by atoms with E-state index in [1.165, 1.54) is 0 Å². The molecule has 0 amide bonds. The second kappa shape index (κ2) is 5.39. The molecule has 0 aliphatic carbocycles. The van der Waals surface area contributed by atoms with Gasteiger partial charge in [-0.2, -0.15) is 0 Å². The zero-order valence-electron chi connectivity index (χ0n) is 12.3. The SMILES string of the molecule is C#CCN(C)c1cc(C(C)(C)C)nc(C(C)C)n1. The van der Waals surface area contributed by atoms with Gasteiger partial charge in [0.2, 0.25) is 0 Å². The zero-order valence-corrected chi connectivity index (χ0v) is 12.3. The highest BCUT2D eigenvalue weighted by Crippen LogP contribution is 2.25. The lowest BCUT2D eigenvalue weighted by Crippen LogP contribution is -2.22. The summed E-state index contributed by atoms with van der Waals surface area (Å²) >= 11 is 0. The van der Waals surface area contributed by atoms with Crippen LogP contribution in [-0.2, 0) is 5.41 Å². The first-order chi connectivity index (χ1) is 8.25. The quantitative estimate of drug-likeness (QED) is 0.767. The van der Waals surface area contributed by atoms with Gasteiger partial charge in [0.1, 0.15) is 11.6 Å². The van der Waals surface area contributed by atoms with Crippen LogP contribution in [0.4, 0.5) is 5.82 Å². The third-order valence-corrected chi connectivity index (χ3v) is 2.73. The Labute approximate surface area is 111 Å². The summed E-state index contributed by atoms with van der Waals surface area (Å²) in [5.41, 5.74) is 1.07. The number of terminal acetylenes is 1. The molecule has 0 bridgehead atoms. The fraction of sp³-hybridized carbons (Fsp3) is 0.600. The van der Waals surface area contributed by atoms with Crippen LogP contribution in [0.15, 0.2) is 6.07 Å². The van der Waals surface area contributed by atoms with Gasteiger partial charge in [-0.3, -0.25) is 0 Å². The zero-order chi connectivity index (χ0) is 13.9. The minimum atomic E-state index is 0.0122. The van der Waals surface area contributed by atoms with Crippen molar-refractivity contribution < 1.29 is 0 Å². The van der Waals surface area contributed by atoms with Crippen LogP contribution in [-0.4, -0.2) is 23.6 Å². The van der Waals surface area contributed by atoms with Gasteiger partial charge in [-0.15, -0.1) is 6.42 Å². The Hall–Kier alpha value is -1.56. The molecule has 0 aliphatic heterocycles. The average molecular weight is 245 g/mol. The van der Waals surface area contributed by atoms with E-state index < -0.39 is 0 Å². The first kappa shape index (κ1) is 14.5. The molecule has 0 aromatic carbocycles. The van der Waals surface area contributed by atoms with Crippen molar-refractivity contribution in [1.29, 1.82) is 0 Å².